The lowest BCUT2D eigenvalue weighted by atomic mass is 9.98. The fourth-order valence-corrected chi connectivity index (χ4v) is 3.91. The lowest BCUT2D eigenvalue weighted by Crippen LogP contribution is -2.29. The average molecular weight is 445 g/mol. The van der Waals surface area contributed by atoms with E-state index in [1.807, 2.05) is 24.3 Å². The van der Waals surface area contributed by atoms with E-state index in [9.17, 15) is 14.4 Å². The van der Waals surface area contributed by atoms with Crippen LogP contribution >= 0.6 is 0 Å². The first-order valence-corrected chi connectivity index (χ1v) is 10.6. The topological polar surface area (TPSA) is 118 Å². The predicted molar refractivity (Wildman–Crippen MR) is 122 cm³/mol. The Hall–Kier alpha value is -4.20. The highest BCUT2D eigenvalue weighted by atomic mass is 16.5. The summed E-state index contributed by atoms with van der Waals surface area (Å²) in [5.41, 5.74) is 5.43. The van der Waals surface area contributed by atoms with Crippen LogP contribution < -0.4 is 10.6 Å². The van der Waals surface area contributed by atoms with Gasteiger partial charge in [-0.15, -0.1) is 0 Å². The van der Waals surface area contributed by atoms with Crippen molar-refractivity contribution in [1.29, 1.82) is 0 Å². The second kappa shape index (κ2) is 9.95. The van der Waals surface area contributed by atoms with Crippen molar-refractivity contribution in [3.8, 4) is 11.1 Å². The molecule has 1 aromatic heterocycles. The molecular formula is C25H23N3O5. The Bertz CT molecular complexity index is 1130. The largest absolute Gasteiger partial charge is 0.481 e. The minimum absolute atomic E-state index is 0.0250. The number of hydrogen-bond acceptors (Lipinski definition) is 5. The number of ether oxygens (including phenoxy) is 1. The number of pyridine rings is 1. The molecule has 0 unspecified atom stereocenters. The molecule has 0 saturated carbocycles. The first-order chi connectivity index (χ1) is 16.0. The van der Waals surface area contributed by atoms with Gasteiger partial charge < -0.3 is 20.5 Å². The number of fused-ring (bicyclic) bond motifs is 3. The lowest BCUT2D eigenvalue weighted by Gasteiger charge is -2.14. The molecule has 1 aliphatic rings. The molecule has 0 saturated heterocycles. The molecule has 3 aromatic rings. The van der Waals surface area contributed by atoms with Crippen molar-refractivity contribution >= 4 is 23.7 Å². The van der Waals surface area contributed by atoms with Gasteiger partial charge in [0.15, 0.2) is 0 Å². The molecule has 0 spiro atoms. The molecule has 168 valence electrons. The molecule has 2 aromatic carbocycles. The summed E-state index contributed by atoms with van der Waals surface area (Å²) in [6, 6.07) is 19.3. The smallest absolute Gasteiger partial charge is 0.407 e. The van der Waals surface area contributed by atoms with Gasteiger partial charge in [-0.1, -0.05) is 48.5 Å². The van der Waals surface area contributed by atoms with Crippen LogP contribution in [0.5, 0.6) is 0 Å². The highest BCUT2D eigenvalue weighted by Crippen LogP contribution is 2.44. The Morgan fingerprint density at radius 3 is 2.21 bits per heavy atom. The van der Waals surface area contributed by atoms with Gasteiger partial charge in [-0.05, 0) is 34.4 Å². The zero-order chi connectivity index (χ0) is 23.2. The Morgan fingerprint density at radius 1 is 0.939 bits per heavy atom. The summed E-state index contributed by atoms with van der Waals surface area (Å²) in [6.45, 7) is 0.327. The van der Waals surface area contributed by atoms with E-state index < -0.39 is 12.1 Å². The van der Waals surface area contributed by atoms with Gasteiger partial charge in [0.05, 0.1) is 24.0 Å². The number of aromatic nitrogens is 1. The summed E-state index contributed by atoms with van der Waals surface area (Å²) >= 11 is 0. The number of anilines is 1. The summed E-state index contributed by atoms with van der Waals surface area (Å²) in [7, 11) is 0. The number of aliphatic carboxylic acids is 1. The van der Waals surface area contributed by atoms with Gasteiger partial charge in [0, 0.05) is 18.9 Å². The van der Waals surface area contributed by atoms with E-state index in [0.29, 0.717) is 11.4 Å². The highest BCUT2D eigenvalue weighted by Gasteiger charge is 2.28. The lowest BCUT2D eigenvalue weighted by molar-refractivity contribution is -0.136. The number of amides is 2. The van der Waals surface area contributed by atoms with Crippen LogP contribution in [0.15, 0.2) is 66.9 Å². The maximum absolute atomic E-state index is 12.2. The predicted octanol–water partition coefficient (Wildman–Crippen LogP) is 3.58. The fourth-order valence-electron chi connectivity index (χ4n) is 3.91. The summed E-state index contributed by atoms with van der Waals surface area (Å²) in [5.74, 6) is -1.30. The SMILES string of the molecule is O=C(O)Cc1ccc(NC(=O)CCNC(=O)OCC2c3ccccc3-c3ccccc32)cn1. The zero-order valence-electron chi connectivity index (χ0n) is 17.8. The van der Waals surface area contributed by atoms with Crippen molar-refractivity contribution in [3.05, 3.63) is 83.7 Å². The number of carboxylic acids is 1. The average Bonchev–Trinajstić information content (AvgIpc) is 3.12. The summed E-state index contributed by atoms with van der Waals surface area (Å²) < 4.78 is 5.44. The first-order valence-electron chi connectivity index (χ1n) is 10.6. The van der Waals surface area contributed by atoms with E-state index in [0.717, 1.165) is 22.3 Å². The molecule has 3 N–H and O–H groups in total. The van der Waals surface area contributed by atoms with Gasteiger partial charge in [-0.3, -0.25) is 14.6 Å². The Balaban J connectivity index is 1.23. The van der Waals surface area contributed by atoms with E-state index in [4.69, 9.17) is 9.84 Å². The summed E-state index contributed by atoms with van der Waals surface area (Å²) in [4.78, 5) is 38.9. The number of rotatable bonds is 8. The second-order valence-corrected chi connectivity index (χ2v) is 7.66. The van der Waals surface area contributed by atoms with Crippen LogP contribution in [0.1, 0.15) is 29.2 Å². The third-order valence-electron chi connectivity index (χ3n) is 5.41. The van der Waals surface area contributed by atoms with E-state index in [1.54, 1.807) is 12.1 Å². The van der Waals surface area contributed by atoms with Crippen molar-refractivity contribution in [3.63, 3.8) is 0 Å². The fraction of sp³-hybridized carbons (Fsp3) is 0.200. The molecule has 33 heavy (non-hydrogen) atoms. The number of carbonyl (C=O) groups excluding carboxylic acids is 2. The normalized spacial score (nSPS) is 11.9. The van der Waals surface area contributed by atoms with Crippen molar-refractivity contribution in [2.75, 3.05) is 18.5 Å². The molecule has 1 heterocycles. The second-order valence-electron chi connectivity index (χ2n) is 7.66. The Kier molecular flexibility index (Phi) is 6.64. The molecule has 4 rings (SSSR count). The summed E-state index contributed by atoms with van der Waals surface area (Å²) in [5, 5.41) is 14.0. The molecule has 0 bridgehead atoms. The number of alkyl carbamates (subject to hydrolysis) is 1. The monoisotopic (exact) mass is 445 g/mol. The van der Waals surface area contributed by atoms with Crippen LogP contribution in [0.2, 0.25) is 0 Å². The first kappa shape index (κ1) is 22.0. The molecule has 0 fully saturated rings. The molecule has 8 heteroatoms. The van der Waals surface area contributed by atoms with E-state index in [-0.39, 0.29) is 37.8 Å². The molecule has 8 nitrogen and oxygen atoms in total. The van der Waals surface area contributed by atoms with E-state index in [1.165, 1.54) is 6.20 Å². The number of nitrogens with zero attached hydrogens (tertiary/aromatic N) is 1. The van der Waals surface area contributed by atoms with Crippen LogP contribution in [0, 0.1) is 0 Å². The number of hydrogen-bond donors (Lipinski definition) is 3. The van der Waals surface area contributed by atoms with Gasteiger partial charge in [0.2, 0.25) is 5.91 Å². The van der Waals surface area contributed by atoms with Crippen LogP contribution in [-0.2, 0) is 20.7 Å². The van der Waals surface area contributed by atoms with Crippen LogP contribution in [-0.4, -0.2) is 41.2 Å². The van der Waals surface area contributed by atoms with Crippen molar-refractivity contribution in [2.45, 2.75) is 18.8 Å². The number of carbonyl (C=O) groups is 3. The third-order valence-corrected chi connectivity index (χ3v) is 5.41. The number of carboxylic acid groups (broad SMARTS) is 1. The van der Waals surface area contributed by atoms with Gasteiger partial charge in [0.1, 0.15) is 6.61 Å². The van der Waals surface area contributed by atoms with Crippen molar-refractivity contribution < 1.29 is 24.2 Å². The maximum Gasteiger partial charge on any atom is 0.407 e. The van der Waals surface area contributed by atoms with Crippen LogP contribution in [0.25, 0.3) is 11.1 Å². The standard InChI is InChI=1S/C25H23N3O5/c29-23(28-17-10-9-16(27-14-17)13-24(30)31)11-12-26-25(32)33-15-22-20-7-3-1-5-18(20)19-6-2-4-8-21(19)22/h1-10,14,22H,11-13,15H2,(H,26,32)(H,28,29)(H,30,31). The van der Waals surface area contributed by atoms with Crippen LogP contribution in [0.3, 0.4) is 0 Å². The van der Waals surface area contributed by atoms with Crippen molar-refractivity contribution in [1.82, 2.24) is 10.3 Å². The highest BCUT2D eigenvalue weighted by molar-refractivity contribution is 5.90. The quantitative estimate of drug-likeness (QED) is 0.488. The van der Waals surface area contributed by atoms with Gasteiger partial charge in [-0.25, -0.2) is 4.79 Å². The summed E-state index contributed by atoms with van der Waals surface area (Å²) in [6.07, 6.45) is 0.693. The van der Waals surface area contributed by atoms with Crippen LogP contribution in [0.4, 0.5) is 10.5 Å². The Labute approximate surface area is 190 Å². The molecule has 0 radical (unpaired) electrons. The molecular weight excluding hydrogens is 422 g/mol. The van der Waals surface area contributed by atoms with Crippen molar-refractivity contribution in [2.24, 2.45) is 0 Å². The van der Waals surface area contributed by atoms with Gasteiger partial charge in [-0.2, -0.15) is 0 Å². The molecule has 1 aliphatic carbocycles. The third kappa shape index (κ3) is 5.35. The minimum Gasteiger partial charge on any atom is -0.481 e. The number of nitrogens with one attached hydrogen (secondary N) is 2. The number of benzene rings is 2. The molecule has 2 amide bonds. The maximum atomic E-state index is 12.2. The van der Waals surface area contributed by atoms with E-state index in [2.05, 4.69) is 39.9 Å². The molecule has 0 aliphatic heterocycles. The van der Waals surface area contributed by atoms with E-state index >= 15 is 0 Å². The Morgan fingerprint density at radius 2 is 1.61 bits per heavy atom. The zero-order valence-corrected chi connectivity index (χ0v) is 17.8. The van der Waals surface area contributed by atoms with Gasteiger partial charge in [0.25, 0.3) is 0 Å². The molecule has 0 atom stereocenters. The van der Waals surface area contributed by atoms with Gasteiger partial charge >= 0.3 is 12.1 Å². The minimum atomic E-state index is -0.974.